The predicted molar refractivity (Wildman–Crippen MR) is 334 cm³/mol. The van der Waals surface area contributed by atoms with Crippen LogP contribution in [0.3, 0.4) is 0 Å². The molecule has 0 aliphatic rings. The quantitative estimate of drug-likeness (QED) is 0.129. The van der Waals surface area contributed by atoms with Gasteiger partial charge in [-0.3, -0.25) is 0 Å². The van der Waals surface area contributed by atoms with Gasteiger partial charge in [0.05, 0.1) is 44.8 Å². The molecule has 0 atom stereocenters. The van der Waals surface area contributed by atoms with Crippen LogP contribution in [0.15, 0.2) is 297 Å². The monoisotopic (exact) mass is 1040 g/mol. The fraction of sp³-hybridized carbons (Fsp3) is 0. The standard InChI is InChI=1S/C74H49N7/c1-5-23-50(24-6-1)65-48-67(77-73(75-65)52-27-9-3-10-28-52)54-43-55(68-49-66(51-25-7-2-8-26-51)76-74(78-68)53-29-11-4-12-30-53)45-60(44-54)79(56-31-21-33-58(46-56)80-69-39-17-13-35-61(69)62-36-14-18-40-70(62)80)57-32-22-34-59(47-57)81-71-41-19-15-37-63(71)64-38-16-20-42-72(64)81/h1-49H. The number of benzene rings is 11. The lowest BCUT2D eigenvalue weighted by Gasteiger charge is -2.28. The summed E-state index contributed by atoms with van der Waals surface area (Å²) in [7, 11) is 0. The molecule has 4 heterocycles. The van der Waals surface area contributed by atoms with Crippen molar-refractivity contribution in [3.05, 3.63) is 297 Å². The van der Waals surface area contributed by atoms with E-state index < -0.39 is 0 Å². The first kappa shape index (κ1) is 47.2. The van der Waals surface area contributed by atoms with E-state index in [1.165, 1.54) is 21.5 Å². The van der Waals surface area contributed by atoms with Gasteiger partial charge in [-0.25, -0.2) is 19.9 Å². The average Bonchev–Trinajstić information content (AvgIpc) is 4.32. The Morgan fingerprint density at radius 3 is 0.889 bits per heavy atom. The fourth-order valence-electron chi connectivity index (χ4n) is 11.6. The van der Waals surface area contributed by atoms with Crippen LogP contribution in [0.1, 0.15) is 0 Å². The maximum Gasteiger partial charge on any atom is 0.160 e. The van der Waals surface area contributed by atoms with Gasteiger partial charge in [0.2, 0.25) is 0 Å². The van der Waals surface area contributed by atoms with E-state index >= 15 is 0 Å². The lowest BCUT2D eigenvalue weighted by atomic mass is 9.99. The van der Waals surface area contributed by atoms with Crippen LogP contribution >= 0.6 is 0 Å². The zero-order valence-corrected chi connectivity index (χ0v) is 43.9. The van der Waals surface area contributed by atoms with Crippen molar-refractivity contribution in [3.8, 4) is 79.2 Å². The van der Waals surface area contributed by atoms with E-state index in [1.807, 2.05) is 48.5 Å². The Labute approximate surface area is 468 Å². The zero-order chi connectivity index (χ0) is 53.6. The molecule has 0 radical (unpaired) electrons. The Hall–Kier alpha value is -11.0. The van der Waals surface area contributed by atoms with Crippen molar-refractivity contribution in [2.24, 2.45) is 0 Å². The van der Waals surface area contributed by atoms with E-state index in [0.717, 1.165) is 107 Å². The van der Waals surface area contributed by atoms with E-state index in [0.29, 0.717) is 11.6 Å². The molecule has 11 aromatic carbocycles. The molecule has 7 nitrogen and oxygen atoms in total. The molecule has 0 N–H and O–H groups in total. The second-order valence-electron chi connectivity index (χ2n) is 20.3. The molecule has 15 aromatic rings. The highest BCUT2D eigenvalue weighted by Crippen LogP contribution is 2.44. The molecule has 380 valence electrons. The molecule has 0 fully saturated rings. The SMILES string of the molecule is c1ccc(-c2cc(-c3cc(-c4cc(-c5ccccc5)nc(-c5ccccc5)n4)cc(N(c4cccc(-n5c6ccccc6c6ccccc65)c4)c4cccc(-n5c6ccccc6c6ccccc65)c4)c3)nc(-c3ccccc3)n2)cc1. The highest BCUT2D eigenvalue weighted by Gasteiger charge is 2.22. The molecule has 0 amide bonds. The van der Waals surface area contributed by atoms with Crippen LogP contribution < -0.4 is 4.90 Å². The summed E-state index contributed by atoms with van der Waals surface area (Å²) >= 11 is 0. The first-order valence-corrected chi connectivity index (χ1v) is 27.3. The van der Waals surface area contributed by atoms with Crippen LogP contribution in [0, 0.1) is 0 Å². The van der Waals surface area contributed by atoms with E-state index in [1.54, 1.807) is 0 Å². The van der Waals surface area contributed by atoms with Crippen LogP contribution in [0.25, 0.3) is 123 Å². The zero-order valence-electron chi connectivity index (χ0n) is 43.9. The molecular weight excluding hydrogens is 987 g/mol. The average molecular weight is 1040 g/mol. The number of fused-ring (bicyclic) bond motifs is 6. The van der Waals surface area contributed by atoms with Gasteiger partial charge in [-0.15, -0.1) is 0 Å². The predicted octanol–water partition coefficient (Wildman–Crippen LogP) is 18.9. The number of hydrogen-bond acceptors (Lipinski definition) is 5. The van der Waals surface area contributed by atoms with Gasteiger partial charge < -0.3 is 14.0 Å². The third-order valence-corrected chi connectivity index (χ3v) is 15.3. The molecule has 0 aliphatic heterocycles. The van der Waals surface area contributed by atoms with Gasteiger partial charge in [0.25, 0.3) is 0 Å². The van der Waals surface area contributed by atoms with Gasteiger partial charge in [0.15, 0.2) is 11.6 Å². The lowest BCUT2D eigenvalue weighted by Crippen LogP contribution is -2.12. The summed E-state index contributed by atoms with van der Waals surface area (Å²) in [4.78, 5) is 23.8. The van der Waals surface area contributed by atoms with Crippen molar-refractivity contribution in [1.82, 2.24) is 29.1 Å². The Balaban J connectivity index is 1.02. The molecule has 0 spiro atoms. The second-order valence-corrected chi connectivity index (χ2v) is 20.3. The first-order chi connectivity index (χ1) is 40.1. The minimum absolute atomic E-state index is 0.633. The lowest BCUT2D eigenvalue weighted by molar-refractivity contribution is 1.15. The van der Waals surface area contributed by atoms with Gasteiger partial charge in [0, 0.05) is 83.4 Å². The molecular formula is C74H49N7. The molecule has 0 saturated carbocycles. The third-order valence-electron chi connectivity index (χ3n) is 15.3. The summed E-state index contributed by atoms with van der Waals surface area (Å²) in [5.74, 6) is 1.27. The van der Waals surface area contributed by atoms with E-state index in [4.69, 9.17) is 19.9 Å². The van der Waals surface area contributed by atoms with Crippen molar-refractivity contribution >= 4 is 60.7 Å². The number of hydrogen-bond donors (Lipinski definition) is 0. The smallest absolute Gasteiger partial charge is 0.160 e. The molecule has 0 saturated heterocycles. The van der Waals surface area contributed by atoms with Gasteiger partial charge in [-0.1, -0.05) is 206 Å². The van der Waals surface area contributed by atoms with Gasteiger partial charge in [-0.2, -0.15) is 0 Å². The van der Waals surface area contributed by atoms with Crippen molar-refractivity contribution in [2.45, 2.75) is 0 Å². The molecule has 0 aliphatic carbocycles. The van der Waals surface area contributed by atoms with Gasteiger partial charge in [0.1, 0.15) is 0 Å². The van der Waals surface area contributed by atoms with Gasteiger partial charge >= 0.3 is 0 Å². The molecule has 15 rings (SSSR count). The van der Waals surface area contributed by atoms with Crippen LogP contribution in [0.2, 0.25) is 0 Å². The summed E-state index contributed by atoms with van der Waals surface area (Å²) < 4.78 is 4.77. The summed E-state index contributed by atoms with van der Waals surface area (Å²) in [5, 5.41) is 4.82. The Bertz CT molecular complexity index is 4290. The van der Waals surface area contributed by atoms with E-state index in [9.17, 15) is 0 Å². The van der Waals surface area contributed by atoms with Crippen LogP contribution in [0.4, 0.5) is 17.1 Å². The van der Waals surface area contributed by atoms with Crippen molar-refractivity contribution in [2.75, 3.05) is 4.90 Å². The maximum absolute atomic E-state index is 5.45. The number of para-hydroxylation sites is 4. The summed E-state index contributed by atoms with van der Waals surface area (Å²) in [6.07, 6.45) is 0. The normalized spacial score (nSPS) is 11.5. The summed E-state index contributed by atoms with van der Waals surface area (Å²) in [5.41, 5.74) is 18.3. The van der Waals surface area contributed by atoms with Crippen molar-refractivity contribution in [1.29, 1.82) is 0 Å². The van der Waals surface area contributed by atoms with E-state index in [2.05, 4.69) is 263 Å². The largest absolute Gasteiger partial charge is 0.310 e. The second kappa shape index (κ2) is 20.1. The molecule has 0 bridgehead atoms. The molecule has 81 heavy (non-hydrogen) atoms. The topological polar surface area (TPSA) is 64.7 Å². The van der Waals surface area contributed by atoms with Crippen molar-refractivity contribution in [3.63, 3.8) is 0 Å². The summed E-state index contributed by atoms with van der Waals surface area (Å²) in [6, 6.07) is 105. The number of rotatable bonds is 11. The summed E-state index contributed by atoms with van der Waals surface area (Å²) in [6.45, 7) is 0. The first-order valence-electron chi connectivity index (χ1n) is 27.3. The maximum atomic E-state index is 5.45. The molecule has 0 unspecified atom stereocenters. The van der Waals surface area contributed by atoms with Crippen molar-refractivity contribution < 1.29 is 0 Å². The van der Waals surface area contributed by atoms with Crippen LogP contribution in [-0.2, 0) is 0 Å². The highest BCUT2D eigenvalue weighted by atomic mass is 15.1. The minimum Gasteiger partial charge on any atom is -0.310 e. The number of nitrogens with zero attached hydrogens (tertiary/aromatic N) is 7. The molecule has 4 aromatic heterocycles. The van der Waals surface area contributed by atoms with Gasteiger partial charge in [-0.05, 0) is 91.0 Å². The minimum atomic E-state index is 0.633. The number of aromatic nitrogens is 6. The van der Waals surface area contributed by atoms with Crippen LogP contribution in [0.5, 0.6) is 0 Å². The van der Waals surface area contributed by atoms with Crippen LogP contribution in [-0.4, -0.2) is 29.1 Å². The van der Waals surface area contributed by atoms with E-state index in [-0.39, 0.29) is 0 Å². The number of anilines is 3. The third kappa shape index (κ3) is 8.67. The Morgan fingerprint density at radius 2 is 0.531 bits per heavy atom. The molecule has 7 heteroatoms. The fourth-order valence-corrected chi connectivity index (χ4v) is 11.6. The highest BCUT2D eigenvalue weighted by molar-refractivity contribution is 6.10. The Kier molecular flexibility index (Phi) is 11.7. The Morgan fingerprint density at radius 1 is 0.222 bits per heavy atom.